The molecular weight excluding hydrogens is 346 g/mol. The number of hydrogen-bond acceptors (Lipinski definition) is 5. The first-order chi connectivity index (χ1) is 12.8. The van der Waals surface area contributed by atoms with Gasteiger partial charge < -0.3 is 14.8 Å². The molecule has 0 radical (unpaired) electrons. The van der Waals surface area contributed by atoms with Crippen LogP contribution in [0.15, 0.2) is 36.4 Å². The van der Waals surface area contributed by atoms with Crippen molar-refractivity contribution in [3.63, 3.8) is 0 Å². The highest BCUT2D eigenvalue weighted by Gasteiger charge is 2.27. The van der Waals surface area contributed by atoms with Gasteiger partial charge >= 0.3 is 5.97 Å². The maximum absolute atomic E-state index is 12.3. The van der Waals surface area contributed by atoms with Crippen molar-refractivity contribution in [2.75, 3.05) is 18.5 Å². The molecular formula is C21H21NO5. The molecule has 6 heteroatoms. The average Bonchev–Trinajstić information content (AvgIpc) is 2.92. The summed E-state index contributed by atoms with van der Waals surface area (Å²) >= 11 is 0. The van der Waals surface area contributed by atoms with Crippen molar-refractivity contribution in [2.45, 2.75) is 26.7 Å². The maximum atomic E-state index is 12.3. The van der Waals surface area contributed by atoms with Crippen LogP contribution < -0.4 is 10.1 Å². The number of esters is 1. The smallest absolute Gasteiger partial charge is 0.344 e. The van der Waals surface area contributed by atoms with Crippen LogP contribution in [0, 0.1) is 13.8 Å². The second-order valence-electron chi connectivity index (χ2n) is 6.65. The Morgan fingerprint density at radius 1 is 1.07 bits per heavy atom. The Hall–Kier alpha value is -3.15. The van der Waals surface area contributed by atoms with E-state index in [4.69, 9.17) is 9.47 Å². The lowest BCUT2D eigenvalue weighted by atomic mass is 9.99. The van der Waals surface area contributed by atoms with E-state index in [1.54, 1.807) is 31.2 Å². The van der Waals surface area contributed by atoms with Crippen molar-refractivity contribution in [3.05, 3.63) is 58.7 Å². The third-order valence-electron chi connectivity index (χ3n) is 4.53. The van der Waals surface area contributed by atoms with Gasteiger partial charge in [-0.15, -0.1) is 0 Å². The first-order valence-electron chi connectivity index (χ1n) is 8.69. The van der Waals surface area contributed by atoms with E-state index >= 15 is 0 Å². The van der Waals surface area contributed by atoms with Gasteiger partial charge in [-0.2, -0.15) is 0 Å². The van der Waals surface area contributed by atoms with E-state index in [1.807, 2.05) is 26.0 Å². The fourth-order valence-corrected chi connectivity index (χ4v) is 2.96. The summed E-state index contributed by atoms with van der Waals surface area (Å²) in [6.45, 7) is 5.01. The van der Waals surface area contributed by atoms with E-state index in [1.165, 1.54) is 0 Å². The molecule has 1 amide bonds. The summed E-state index contributed by atoms with van der Waals surface area (Å²) in [7, 11) is 0. The summed E-state index contributed by atoms with van der Waals surface area (Å²) in [6.07, 6.45) is 0. The van der Waals surface area contributed by atoms with Gasteiger partial charge in [0, 0.05) is 11.3 Å². The van der Waals surface area contributed by atoms with E-state index in [9.17, 15) is 14.4 Å². The summed E-state index contributed by atoms with van der Waals surface area (Å²) in [6, 6.07) is 10.6. The first-order valence-corrected chi connectivity index (χ1v) is 8.69. The fourth-order valence-electron chi connectivity index (χ4n) is 2.96. The van der Waals surface area contributed by atoms with Gasteiger partial charge in [0.15, 0.2) is 19.0 Å². The molecule has 1 atom stereocenters. The summed E-state index contributed by atoms with van der Waals surface area (Å²) in [5.74, 6) is -0.737. The second kappa shape index (κ2) is 7.61. The highest BCUT2D eigenvalue weighted by molar-refractivity contribution is 6.05. The van der Waals surface area contributed by atoms with Gasteiger partial charge in [-0.3, -0.25) is 9.59 Å². The molecule has 0 fully saturated rings. The van der Waals surface area contributed by atoms with Crippen LogP contribution in [0.4, 0.5) is 5.69 Å². The van der Waals surface area contributed by atoms with E-state index < -0.39 is 5.97 Å². The maximum Gasteiger partial charge on any atom is 0.344 e. The zero-order valence-corrected chi connectivity index (χ0v) is 15.5. The summed E-state index contributed by atoms with van der Waals surface area (Å²) in [5, 5.41) is 2.75. The van der Waals surface area contributed by atoms with Crippen LogP contribution in [0.2, 0.25) is 0 Å². The predicted molar refractivity (Wildman–Crippen MR) is 100 cm³/mol. The third kappa shape index (κ3) is 4.16. The Kier molecular flexibility index (Phi) is 5.26. The number of ether oxygens (including phenoxy) is 2. The van der Waals surface area contributed by atoms with Gasteiger partial charge in [-0.1, -0.05) is 17.7 Å². The molecule has 0 aromatic heterocycles. The van der Waals surface area contributed by atoms with E-state index in [0.29, 0.717) is 17.0 Å². The van der Waals surface area contributed by atoms with Crippen LogP contribution in [0.25, 0.3) is 0 Å². The number of fused-ring (bicyclic) bond motifs is 1. The number of aryl methyl sites for hydroxylation is 2. The van der Waals surface area contributed by atoms with Gasteiger partial charge in [0.25, 0.3) is 0 Å². The molecule has 0 saturated carbocycles. The van der Waals surface area contributed by atoms with Gasteiger partial charge in [0.1, 0.15) is 5.75 Å². The lowest BCUT2D eigenvalue weighted by Gasteiger charge is -2.10. The number of nitrogens with one attached hydrogen (secondary N) is 1. The van der Waals surface area contributed by atoms with Crippen LogP contribution in [0.1, 0.15) is 39.9 Å². The second-order valence-corrected chi connectivity index (χ2v) is 6.65. The van der Waals surface area contributed by atoms with Gasteiger partial charge in [-0.25, -0.2) is 4.79 Å². The van der Waals surface area contributed by atoms with E-state index in [0.717, 1.165) is 16.7 Å². The topological polar surface area (TPSA) is 81.7 Å². The third-order valence-corrected chi connectivity index (χ3v) is 4.53. The monoisotopic (exact) mass is 367 g/mol. The number of rotatable bonds is 6. The number of carbonyl (C=O) groups is 3. The van der Waals surface area contributed by atoms with Gasteiger partial charge in [-0.05, 0) is 56.2 Å². The van der Waals surface area contributed by atoms with Crippen LogP contribution in [-0.4, -0.2) is 30.9 Å². The Balaban J connectivity index is 1.53. The minimum atomic E-state index is -0.616. The molecule has 2 aromatic rings. The van der Waals surface area contributed by atoms with Crippen molar-refractivity contribution in [3.8, 4) is 5.75 Å². The Bertz CT molecular complexity index is 919. The van der Waals surface area contributed by atoms with Crippen LogP contribution >= 0.6 is 0 Å². The summed E-state index contributed by atoms with van der Waals surface area (Å²) < 4.78 is 10.5. The van der Waals surface area contributed by atoms with Crippen LogP contribution in [0.3, 0.4) is 0 Å². The van der Waals surface area contributed by atoms with Crippen LogP contribution in [-0.2, 0) is 14.3 Å². The molecule has 27 heavy (non-hydrogen) atoms. The standard InChI is InChI=1S/C21H21NO5/c1-12-4-7-19(13(2)8-12)26-11-20(24)27-10-18(23)15-5-6-17-16(9-15)14(3)21(25)22-17/h4-9,14H,10-11H2,1-3H3,(H,22,25)/t14-/m1/s1. The summed E-state index contributed by atoms with van der Waals surface area (Å²) in [4.78, 5) is 35.8. The normalized spacial score (nSPS) is 15.1. The van der Waals surface area contributed by atoms with E-state index in [-0.39, 0.29) is 30.8 Å². The number of Topliss-reactive ketones (excluding diaryl/α,β-unsaturated/α-hetero) is 1. The molecule has 3 rings (SSSR count). The van der Waals surface area contributed by atoms with Crippen molar-refractivity contribution < 1.29 is 23.9 Å². The summed E-state index contributed by atoms with van der Waals surface area (Å²) in [5.41, 5.74) is 3.92. The highest BCUT2D eigenvalue weighted by Crippen LogP contribution is 2.32. The molecule has 0 saturated heterocycles. The molecule has 1 N–H and O–H groups in total. The number of hydrogen-bond donors (Lipinski definition) is 1. The van der Waals surface area contributed by atoms with Gasteiger partial charge in [0.05, 0.1) is 5.92 Å². The SMILES string of the molecule is Cc1ccc(OCC(=O)OCC(=O)c2ccc3c(c2)[C@@H](C)C(=O)N3)c(C)c1. The number of benzene rings is 2. The number of ketones is 1. The molecule has 1 heterocycles. The average molecular weight is 367 g/mol. The molecule has 0 aliphatic carbocycles. The Morgan fingerprint density at radius 2 is 1.85 bits per heavy atom. The Labute approximate surface area is 157 Å². The molecule has 0 bridgehead atoms. The van der Waals surface area contributed by atoms with Crippen molar-refractivity contribution >= 4 is 23.3 Å². The molecule has 2 aromatic carbocycles. The highest BCUT2D eigenvalue weighted by atomic mass is 16.6. The lowest BCUT2D eigenvalue weighted by Crippen LogP contribution is -2.19. The molecule has 0 unspecified atom stereocenters. The zero-order valence-electron chi connectivity index (χ0n) is 15.5. The number of anilines is 1. The van der Waals surface area contributed by atoms with Gasteiger partial charge in [0.2, 0.25) is 5.91 Å². The zero-order chi connectivity index (χ0) is 19.6. The largest absolute Gasteiger partial charge is 0.482 e. The molecule has 1 aliphatic heterocycles. The molecule has 6 nitrogen and oxygen atoms in total. The fraction of sp³-hybridized carbons (Fsp3) is 0.286. The predicted octanol–water partition coefficient (Wildman–Crippen LogP) is 3.16. The minimum absolute atomic E-state index is 0.0930. The first kappa shape index (κ1) is 18.6. The molecule has 0 spiro atoms. The molecule has 1 aliphatic rings. The van der Waals surface area contributed by atoms with Crippen molar-refractivity contribution in [1.82, 2.24) is 0 Å². The Morgan fingerprint density at radius 3 is 2.59 bits per heavy atom. The number of amides is 1. The molecule has 140 valence electrons. The van der Waals surface area contributed by atoms with E-state index in [2.05, 4.69) is 5.32 Å². The van der Waals surface area contributed by atoms with Crippen LogP contribution in [0.5, 0.6) is 5.75 Å². The van der Waals surface area contributed by atoms with Crippen molar-refractivity contribution in [2.24, 2.45) is 0 Å². The quantitative estimate of drug-likeness (QED) is 0.626. The minimum Gasteiger partial charge on any atom is -0.482 e. The number of carbonyl (C=O) groups excluding carboxylic acids is 3. The van der Waals surface area contributed by atoms with Crippen molar-refractivity contribution in [1.29, 1.82) is 0 Å². The lowest BCUT2D eigenvalue weighted by molar-refractivity contribution is -0.144.